The molecule has 0 saturated carbocycles. The summed E-state index contributed by atoms with van der Waals surface area (Å²) in [6.07, 6.45) is -4.50. The Hall–Kier alpha value is -2.44. The topological polar surface area (TPSA) is 61.3 Å². The molecule has 0 saturated heterocycles. The van der Waals surface area contributed by atoms with Crippen molar-refractivity contribution in [1.29, 1.82) is 0 Å². The standard InChI is InChI=1S/C13H10F4N2O/c14-9-6-8(18)2-4-11(9)20-12-3-1-7(5-10(12)19)13(15,16)17/h1-6H,18-19H2. The monoisotopic (exact) mass is 286 g/mol. The second-order valence-corrected chi connectivity index (χ2v) is 4.04. The van der Waals surface area contributed by atoms with Crippen LogP contribution in [-0.4, -0.2) is 0 Å². The van der Waals surface area contributed by atoms with Crippen LogP contribution in [0.2, 0.25) is 0 Å². The lowest BCUT2D eigenvalue weighted by molar-refractivity contribution is -0.137. The molecule has 0 aromatic heterocycles. The Morgan fingerprint density at radius 1 is 0.900 bits per heavy atom. The van der Waals surface area contributed by atoms with Crippen LogP contribution in [0.3, 0.4) is 0 Å². The van der Waals surface area contributed by atoms with E-state index in [-0.39, 0.29) is 22.9 Å². The summed E-state index contributed by atoms with van der Waals surface area (Å²) in [4.78, 5) is 0. The van der Waals surface area contributed by atoms with E-state index in [9.17, 15) is 17.6 Å². The molecule has 4 N–H and O–H groups in total. The first-order valence-corrected chi connectivity index (χ1v) is 5.47. The zero-order chi connectivity index (χ0) is 14.9. The highest BCUT2D eigenvalue weighted by Crippen LogP contribution is 2.36. The number of benzene rings is 2. The molecule has 20 heavy (non-hydrogen) atoms. The van der Waals surface area contributed by atoms with Crippen LogP contribution in [0.4, 0.5) is 28.9 Å². The van der Waals surface area contributed by atoms with Gasteiger partial charge in [0.2, 0.25) is 0 Å². The zero-order valence-corrected chi connectivity index (χ0v) is 10.0. The lowest BCUT2D eigenvalue weighted by atomic mass is 10.2. The molecule has 2 aromatic rings. The summed E-state index contributed by atoms with van der Waals surface area (Å²) in [6.45, 7) is 0. The molecule has 0 aliphatic carbocycles. The first-order valence-electron chi connectivity index (χ1n) is 5.47. The Bertz CT molecular complexity index is 641. The maximum Gasteiger partial charge on any atom is 0.416 e. The normalized spacial score (nSPS) is 11.4. The van der Waals surface area contributed by atoms with E-state index in [0.717, 1.165) is 24.3 Å². The largest absolute Gasteiger partial charge is 0.452 e. The van der Waals surface area contributed by atoms with Crippen molar-refractivity contribution in [2.24, 2.45) is 0 Å². The number of ether oxygens (including phenoxy) is 1. The summed E-state index contributed by atoms with van der Waals surface area (Å²) in [5.41, 5.74) is 9.91. The smallest absolute Gasteiger partial charge is 0.416 e. The Morgan fingerprint density at radius 2 is 1.55 bits per heavy atom. The van der Waals surface area contributed by atoms with E-state index in [1.54, 1.807) is 0 Å². The predicted molar refractivity (Wildman–Crippen MR) is 66.7 cm³/mol. The van der Waals surface area contributed by atoms with Crippen molar-refractivity contribution in [1.82, 2.24) is 0 Å². The zero-order valence-electron chi connectivity index (χ0n) is 10.0. The molecule has 7 heteroatoms. The highest BCUT2D eigenvalue weighted by atomic mass is 19.4. The van der Waals surface area contributed by atoms with Crippen LogP contribution in [0.25, 0.3) is 0 Å². The van der Waals surface area contributed by atoms with Gasteiger partial charge in [0, 0.05) is 11.8 Å². The Labute approximate surface area is 111 Å². The summed E-state index contributed by atoms with van der Waals surface area (Å²) in [5.74, 6) is -0.975. The van der Waals surface area contributed by atoms with Gasteiger partial charge in [-0.3, -0.25) is 0 Å². The molecule has 3 nitrogen and oxygen atoms in total. The number of rotatable bonds is 2. The van der Waals surface area contributed by atoms with Gasteiger partial charge in [-0.05, 0) is 30.3 Å². The minimum atomic E-state index is -4.50. The third kappa shape index (κ3) is 2.93. The van der Waals surface area contributed by atoms with Crippen LogP contribution in [-0.2, 0) is 6.18 Å². The van der Waals surface area contributed by atoms with Gasteiger partial charge in [-0.2, -0.15) is 13.2 Å². The third-order valence-electron chi connectivity index (χ3n) is 2.51. The molecule has 0 aliphatic heterocycles. The number of alkyl halides is 3. The van der Waals surface area contributed by atoms with Crippen LogP contribution in [0, 0.1) is 5.82 Å². The van der Waals surface area contributed by atoms with Gasteiger partial charge in [0.15, 0.2) is 11.6 Å². The molecule has 0 amide bonds. The predicted octanol–water partition coefficient (Wildman–Crippen LogP) is 3.80. The van der Waals surface area contributed by atoms with Gasteiger partial charge in [0.1, 0.15) is 5.75 Å². The molecular weight excluding hydrogens is 276 g/mol. The molecule has 0 heterocycles. The molecule has 0 unspecified atom stereocenters. The molecule has 106 valence electrons. The van der Waals surface area contributed by atoms with Crippen LogP contribution in [0.15, 0.2) is 36.4 Å². The molecule has 2 aromatic carbocycles. The first-order chi connectivity index (χ1) is 9.27. The van der Waals surface area contributed by atoms with Crippen molar-refractivity contribution >= 4 is 11.4 Å². The minimum absolute atomic E-state index is 0.0679. The average molecular weight is 286 g/mol. The number of nitrogen functional groups attached to an aromatic ring is 2. The molecule has 0 spiro atoms. The lowest BCUT2D eigenvalue weighted by Gasteiger charge is -2.12. The third-order valence-corrected chi connectivity index (χ3v) is 2.51. The van der Waals surface area contributed by atoms with Crippen LogP contribution in [0.5, 0.6) is 11.5 Å². The number of hydrogen-bond acceptors (Lipinski definition) is 3. The van der Waals surface area contributed by atoms with Crippen molar-refractivity contribution in [2.45, 2.75) is 6.18 Å². The average Bonchev–Trinajstić information content (AvgIpc) is 2.33. The first kappa shape index (κ1) is 14.0. The van der Waals surface area contributed by atoms with Gasteiger partial charge in [-0.15, -0.1) is 0 Å². The molecule has 0 bridgehead atoms. The second-order valence-electron chi connectivity index (χ2n) is 4.04. The maximum absolute atomic E-state index is 13.5. The molecular formula is C13H10F4N2O. The summed E-state index contributed by atoms with van der Waals surface area (Å²) in [6, 6.07) is 6.27. The summed E-state index contributed by atoms with van der Waals surface area (Å²) in [7, 11) is 0. The van der Waals surface area contributed by atoms with E-state index in [1.807, 2.05) is 0 Å². The lowest BCUT2D eigenvalue weighted by Crippen LogP contribution is -2.06. The van der Waals surface area contributed by atoms with E-state index in [0.29, 0.717) is 0 Å². The molecule has 0 aliphatic rings. The van der Waals surface area contributed by atoms with Gasteiger partial charge in [-0.1, -0.05) is 0 Å². The van der Waals surface area contributed by atoms with E-state index in [1.165, 1.54) is 12.1 Å². The van der Waals surface area contributed by atoms with Gasteiger partial charge >= 0.3 is 6.18 Å². The number of hydrogen-bond donors (Lipinski definition) is 2. The van der Waals surface area contributed by atoms with Crippen molar-refractivity contribution in [3.8, 4) is 11.5 Å². The van der Waals surface area contributed by atoms with Gasteiger partial charge < -0.3 is 16.2 Å². The van der Waals surface area contributed by atoms with Crippen molar-refractivity contribution < 1.29 is 22.3 Å². The second kappa shape index (κ2) is 4.92. The Morgan fingerprint density at radius 3 is 2.10 bits per heavy atom. The molecule has 0 fully saturated rings. The quantitative estimate of drug-likeness (QED) is 0.652. The molecule has 0 atom stereocenters. The Kier molecular flexibility index (Phi) is 3.44. The number of nitrogens with two attached hydrogens (primary N) is 2. The molecule has 2 rings (SSSR count). The molecule has 0 radical (unpaired) electrons. The van der Waals surface area contributed by atoms with Crippen LogP contribution < -0.4 is 16.2 Å². The highest BCUT2D eigenvalue weighted by molar-refractivity contribution is 5.56. The van der Waals surface area contributed by atoms with E-state index in [2.05, 4.69) is 0 Å². The highest BCUT2D eigenvalue weighted by Gasteiger charge is 2.31. The van der Waals surface area contributed by atoms with E-state index < -0.39 is 17.6 Å². The minimum Gasteiger partial charge on any atom is -0.452 e. The van der Waals surface area contributed by atoms with Crippen LogP contribution in [0.1, 0.15) is 5.56 Å². The van der Waals surface area contributed by atoms with Gasteiger partial charge in [0.25, 0.3) is 0 Å². The van der Waals surface area contributed by atoms with Gasteiger partial charge in [0.05, 0.1) is 11.3 Å². The van der Waals surface area contributed by atoms with Crippen LogP contribution >= 0.6 is 0 Å². The van der Waals surface area contributed by atoms with Crippen molar-refractivity contribution in [2.75, 3.05) is 11.5 Å². The SMILES string of the molecule is Nc1ccc(Oc2ccc(C(F)(F)F)cc2N)c(F)c1. The van der Waals surface area contributed by atoms with Gasteiger partial charge in [-0.25, -0.2) is 4.39 Å². The number of anilines is 2. The summed E-state index contributed by atoms with van der Waals surface area (Å²) in [5, 5.41) is 0. The Balaban J connectivity index is 2.30. The summed E-state index contributed by atoms with van der Waals surface area (Å²) < 4.78 is 56.0. The van der Waals surface area contributed by atoms with E-state index in [4.69, 9.17) is 16.2 Å². The fraction of sp³-hybridized carbons (Fsp3) is 0.0769. The van der Waals surface area contributed by atoms with Crippen molar-refractivity contribution in [3.05, 3.63) is 47.8 Å². The summed E-state index contributed by atoms with van der Waals surface area (Å²) >= 11 is 0. The maximum atomic E-state index is 13.5. The number of halogens is 4. The van der Waals surface area contributed by atoms with Crippen molar-refractivity contribution in [3.63, 3.8) is 0 Å². The fourth-order valence-electron chi connectivity index (χ4n) is 1.54. The van der Waals surface area contributed by atoms with E-state index >= 15 is 0 Å². The fourth-order valence-corrected chi connectivity index (χ4v) is 1.54.